The molecule has 0 fully saturated rings. The lowest BCUT2D eigenvalue weighted by Crippen LogP contribution is -2.11. The van der Waals surface area contributed by atoms with Crippen LogP contribution in [0, 0.1) is 13.8 Å². The van der Waals surface area contributed by atoms with Gasteiger partial charge in [-0.2, -0.15) is 0 Å². The number of fused-ring (bicyclic) bond motifs is 1. The van der Waals surface area contributed by atoms with Crippen LogP contribution in [0.4, 0.5) is 5.13 Å². The summed E-state index contributed by atoms with van der Waals surface area (Å²) in [5.41, 5.74) is 3.41. The second kappa shape index (κ2) is 7.81. The smallest absolute Gasteiger partial charge is 0.226 e. The summed E-state index contributed by atoms with van der Waals surface area (Å²) >= 11 is 3.32. The standard InChI is InChI=1S/C19H20N2OS2/c1-13-5-8-15(9-6-13)23-11-3-4-18(22)21-19-20-16-10-7-14(2)12-17(16)24-19/h5-10,12H,3-4,11H2,1-2H3,(H,20,21,22). The van der Waals surface area contributed by atoms with Crippen molar-refractivity contribution in [3.63, 3.8) is 0 Å². The van der Waals surface area contributed by atoms with Crippen molar-refractivity contribution in [1.29, 1.82) is 0 Å². The van der Waals surface area contributed by atoms with Gasteiger partial charge in [-0.25, -0.2) is 4.98 Å². The number of carbonyl (C=O) groups excluding carboxylic acids is 1. The Balaban J connectivity index is 1.45. The number of nitrogens with zero attached hydrogens (tertiary/aromatic N) is 1. The van der Waals surface area contributed by atoms with Gasteiger partial charge in [0, 0.05) is 11.3 Å². The first-order valence-corrected chi connectivity index (χ1v) is 9.77. The molecule has 0 aliphatic carbocycles. The molecule has 1 N–H and O–H groups in total. The van der Waals surface area contributed by atoms with E-state index in [1.54, 1.807) is 11.8 Å². The Bertz CT molecular complexity index is 840. The van der Waals surface area contributed by atoms with Gasteiger partial charge in [0.05, 0.1) is 10.2 Å². The first-order valence-electron chi connectivity index (χ1n) is 7.97. The molecule has 0 spiro atoms. The molecule has 0 atom stereocenters. The zero-order chi connectivity index (χ0) is 16.9. The van der Waals surface area contributed by atoms with Crippen LogP contribution in [0.1, 0.15) is 24.0 Å². The van der Waals surface area contributed by atoms with Crippen LogP contribution in [-0.4, -0.2) is 16.6 Å². The van der Waals surface area contributed by atoms with Gasteiger partial charge in [-0.05, 0) is 55.9 Å². The molecule has 24 heavy (non-hydrogen) atoms. The quantitative estimate of drug-likeness (QED) is 0.473. The van der Waals surface area contributed by atoms with Crippen molar-refractivity contribution < 1.29 is 4.79 Å². The van der Waals surface area contributed by atoms with Crippen molar-refractivity contribution in [1.82, 2.24) is 4.98 Å². The van der Waals surface area contributed by atoms with Crippen molar-refractivity contribution in [3.8, 4) is 0 Å². The van der Waals surface area contributed by atoms with Crippen LogP contribution in [0.5, 0.6) is 0 Å². The molecule has 3 nitrogen and oxygen atoms in total. The van der Waals surface area contributed by atoms with Crippen LogP contribution in [0.3, 0.4) is 0 Å². The minimum atomic E-state index is 0.0373. The number of benzene rings is 2. The first-order chi connectivity index (χ1) is 11.6. The summed E-state index contributed by atoms with van der Waals surface area (Å²) in [5.74, 6) is 0.977. The van der Waals surface area contributed by atoms with E-state index in [9.17, 15) is 4.79 Å². The highest BCUT2D eigenvalue weighted by molar-refractivity contribution is 7.99. The number of thiazole rings is 1. The highest BCUT2D eigenvalue weighted by Gasteiger charge is 2.08. The van der Waals surface area contributed by atoms with Gasteiger partial charge in [0.25, 0.3) is 0 Å². The lowest BCUT2D eigenvalue weighted by molar-refractivity contribution is -0.116. The van der Waals surface area contributed by atoms with Gasteiger partial charge in [0.15, 0.2) is 5.13 Å². The summed E-state index contributed by atoms with van der Waals surface area (Å²) < 4.78 is 1.11. The van der Waals surface area contributed by atoms with E-state index in [-0.39, 0.29) is 5.91 Å². The summed E-state index contributed by atoms with van der Waals surface area (Å²) in [7, 11) is 0. The molecule has 1 heterocycles. The summed E-state index contributed by atoms with van der Waals surface area (Å²) in [5, 5.41) is 3.60. The topological polar surface area (TPSA) is 42.0 Å². The summed E-state index contributed by atoms with van der Waals surface area (Å²) in [6.45, 7) is 4.14. The molecule has 0 bridgehead atoms. The maximum atomic E-state index is 12.1. The molecule has 1 aromatic heterocycles. The second-order valence-electron chi connectivity index (χ2n) is 5.80. The van der Waals surface area contributed by atoms with E-state index in [1.807, 2.05) is 12.1 Å². The molecular weight excluding hydrogens is 336 g/mol. The molecule has 0 aliphatic heterocycles. The summed E-state index contributed by atoms with van der Waals surface area (Å²) in [6, 6.07) is 14.6. The lowest BCUT2D eigenvalue weighted by atomic mass is 10.2. The van der Waals surface area contributed by atoms with E-state index in [1.165, 1.54) is 27.4 Å². The third kappa shape index (κ3) is 4.58. The van der Waals surface area contributed by atoms with Crippen LogP contribution < -0.4 is 5.32 Å². The average molecular weight is 357 g/mol. The molecular formula is C19H20N2OS2. The van der Waals surface area contributed by atoms with Crippen LogP contribution in [0.2, 0.25) is 0 Å². The van der Waals surface area contributed by atoms with Crippen molar-refractivity contribution in [3.05, 3.63) is 53.6 Å². The number of amides is 1. The fourth-order valence-electron chi connectivity index (χ4n) is 2.32. The highest BCUT2D eigenvalue weighted by atomic mass is 32.2. The third-order valence-corrected chi connectivity index (χ3v) is 5.66. The highest BCUT2D eigenvalue weighted by Crippen LogP contribution is 2.27. The van der Waals surface area contributed by atoms with E-state index < -0.39 is 0 Å². The Hall–Kier alpha value is -1.85. The molecule has 0 aliphatic rings. The minimum Gasteiger partial charge on any atom is -0.302 e. The molecule has 2 aromatic carbocycles. The maximum Gasteiger partial charge on any atom is 0.226 e. The SMILES string of the molecule is Cc1ccc(SCCCC(=O)Nc2nc3ccc(C)cc3s2)cc1. The maximum absolute atomic E-state index is 12.1. The van der Waals surface area contributed by atoms with Crippen LogP contribution >= 0.6 is 23.1 Å². The van der Waals surface area contributed by atoms with E-state index >= 15 is 0 Å². The number of hydrogen-bond acceptors (Lipinski definition) is 4. The molecule has 124 valence electrons. The molecule has 0 saturated carbocycles. The Morgan fingerprint density at radius 3 is 2.67 bits per heavy atom. The van der Waals surface area contributed by atoms with Crippen molar-refractivity contribution >= 4 is 44.4 Å². The average Bonchev–Trinajstić information content (AvgIpc) is 2.94. The van der Waals surface area contributed by atoms with Crippen molar-refractivity contribution in [2.75, 3.05) is 11.1 Å². The molecule has 0 saturated heterocycles. The van der Waals surface area contributed by atoms with E-state index in [0.717, 1.165) is 22.4 Å². The Labute approximate surface area is 150 Å². The predicted molar refractivity (Wildman–Crippen MR) is 104 cm³/mol. The number of carbonyl (C=O) groups is 1. The number of thioether (sulfide) groups is 1. The number of aromatic nitrogens is 1. The zero-order valence-electron chi connectivity index (χ0n) is 13.8. The fraction of sp³-hybridized carbons (Fsp3) is 0.263. The number of aryl methyl sites for hydroxylation is 2. The number of rotatable bonds is 6. The van der Waals surface area contributed by atoms with Gasteiger partial charge in [-0.3, -0.25) is 4.79 Å². The number of hydrogen-bond donors (Lipinski definition) is 1. The van der Waals surface area contributed by atoms with E-state index in [4.69, 9.17) is 0 Å². The normalized spacial score (nSPS) is 10.9. The van der Waals surface area contributed by atoms with Crippen molar-refractivity contribution in [2.45, 2.75) is 31.6 Å². The minimum absolute atomic E-state index is 0.0373. The zero-order valence-corrected chi connectivity index (χ0v) is 15.5. The van der Waals surface area contributed by atoms with Gasteiger partial charge in [-0.15, -0.1) is 11.8 Å². The van der Waals surface area contributed by atoms with Crippen LogP contribution in [0.25, 0.3) is 10.2 Å². The largest absolute Gasteiger partial charge is 0.302 e. The van der Waals surface area contributed by atoms with Gasteiger partial charge >= 0.3 is 0 Å². The van der Waals surface area contributed by atoms with E-state index in [2.05, 4.69) is 54.5 Å². The third-order valence-electron chi connectivity index (χ3n) is 3.63. The molecule has 3 rings (SSSR count). The predicted octanol–water partition coefficient (Wildman–Crippen LogP) is 5.42. The first kappa shape index (κ1) is 17.0. The molecule has 0 unspecified atom stereocenters. The Kier molecular flexibility index (Phi) is 5.53. The number of nitrogens with one attached hydrogen (secondary N) is 1. The molecule has 1 amide bonds. The van der Waals surface area contributed by atoms with Gasteiger partial charge < -0.3 is 5.32 Å². The molecule has 3 aromatic rings. The van der Waals surface area contributed by atoms with Gasteiger partial charge in [0.2, 0.25) is 5.91 Å². The van der Waals surface area contributed by atoms with Gasteiger partial charge in [0.1, 0.15) is 0 Å². The lowest BCUT2D eigenvalue weighted by Gasteiger charge is -2.03. The monoisotopic (exact) mass is 356 g/mol. The molecule has 5 heteroatoms. The van der Waals surface area contributed by atoms with Crippen LogP contribution in [0.15, 0.2) is 47.4 Å². The van der Waals surface area contributed by atoms with Crippen molar-refractivity contribution in [2.24, 2.45) is 0 Å². The number of anilines is 1. The molecule has 0 radical (unpaired) electrons. The fourth-order valence-corrected chi connectivity index (χ4v) is 4.16. The Morgan fingerprint density at radius 2 is 1.88 bits per heavy atom. The Morgan fingerprint density at radius 1 is 1.12 bits per heavy atom. The summed E-state index contributed by atoms with van der Waals surface area (Å²) in [6.07, 6.45) is 1.38. The van der Waals surface area contributed by atoms with Crippen LogP contribution in [-0.2, 0) is 4.79 Å². The van der Waals surface area contributed by atoms with E-state index in [0.29, 0.717) is 11.6 Å². The van der Waals surface area contributed by atoms with Gasteiger partial charge in [-0.1, -0.05) is 35.1 Å². The second-order valence-corrected chi connectivity index (χ2v) is 8.00. The summed E-state index contributed by atoms with van der Waals surface area (Å²) in [4.78, 5) is 17.8.